The number of rotatable bonds is 9. The van der Waals surface area contributed by atoms with Crippen LogP contribution in [0.5, 0.6) is 5.75 Å². The molecule has 3 heterocycles. The third kappa shape index (κ3) is 5.39. The Bertz CT molecular complexity index is 1340. The number of nitrogens with zero attached hydrogens (tertiary/aromatic N) is 7. The number of aromatic nitrogens is 5. The average Bonchev–Trinajstić information content (AvgIpc) is 3.65. The summed E-state index contributed by atoms with van der Waals surface area (Å²) < 4.78 is 11.8. The van der Waals surface area contributed by atoms with Gasteiger partial charge >= 0.3 is 0 Å². The van der Waals surface area contributed by atoms with Crippen LogP contribution in [-0.2, 0) is 13.2 Å². The molecular formula is C24H25N9O3. The van der Waals surface area contributed by atoms with Crippen LogP contribution in [0, 0.1) is 0 Å². The third-order valence-corrected chi connectivity index (χ3v) is 5.71. The van der Waals surface area contributed by atoms with Gasteiger partial charge < -0.3 is 10.5 Å². The minimum atomic E-state index is -0.510. The zero-order valence-corrected chi connectivity index (χ0v) is 19.4. The molecule has 1 aliphatic rings. The Morgan fingerprint density at radius 1 is 1.14 bits per heavy atom. The van der Waals surface area contributed by atoms with Crippen molar-refractivity contribution in [2.24, 2.45) is 5.10 Å². The number of nitrogens with one attached hydrogen (secondary N) is 1. The summed E-state index contributed by atoms with van der Waals surface area (Å²) in [5.74, 6) is 0.271. The van der Waals surface area contributed by atoms with E-state index in [0.717, 1.165) is 37.1 Å². The molecule has 0 atom stereocenters. The maximum Gasteiger partial charge on any atom is 0.292 e. The molecule has 0 radical (unpaired) electrons. The Morgan fingerprint density at radius 3 is 2.75 bits per heavy atom. The molecule has 2 aromatic heterocycles. The van der Waals surface area contributed by atoms with Crippen molar-refractivity contribution in [2.75, 3.05) is 18.8 Å². The Balaban J connectivity index is 1.29. The fourth-order valence-electron chi connectivity index (χ4n) is 3.93. The minimum Gasteiger partial charge on any atom is -0.489 e. The summed E-state index contributed by atoms with van der Waals surface area (Å²) in [5.41, 5.74) is 10.9. The number of hydrogen-bond acceptors (Lipinski definition) is 10. The second kappa shape index (κ2) is 10.8. The second-order valence-electron chi connectivity index (χ2n) is 8.30. The lowest BCUT2D eigenvalue weighted by Gasteiger charge is -2.13. The molecule has 184 valence electrons. The number of amides is 1. The van der Waals surface area contributed by atoms with E-state index in [1.807, 2.05) is 54.6 Å². The lowest BCUT2D eigenvalue weighted by molar-refractivity contribution is 0.0945. The smallest absolute Gasteiger partial charge is 0.292 e. The molecule has 1 saturated heterocycles. The van der Waals surface area contributed by atoms with Gasteiger partial charge in [-0.25, -0.2) is 10.1 Å². The monoisotopic (exact) mass is 487 g/mol. The van der Waals surface area contributed by atoms with Crippen LogP contribution >= 0.6 is 0 Å². The highest BCUT2D eigenvalue weighted by molar-refractivity contribution is 5.95. The van der Waals surface area contributed by atoms with Gasteiger partial charge in [0.25, 0.3) is 5.91 Å². The first-order chi connectivity index (χ1) is 17.7. The lowest BCUT2D eigenvalue weighted by Crippen LogP contribution is -2.26. The van der Waals surface area contributed by atoms with E-state index in [2.05, 4.69) is 40.7 Å². The summed E-state index contributed by atoms with van der Waals surface area (Å²) in [6.07, 6.45) is 3.75. The first kappa shape index (κ1) is 23.2. The zero-order chi connectivity index (χ0) is 24.7. The number of nitrogen functional groups attached to an aromatic ring is 1. The van der Waals surface area contributed by atoms with E-state index in [-0.39, 0.29) is 17.3 Å². The number of hydrogen-bond donors (Lipinski definition) is 2. The van der Waals surface area contributed by atoms with Crippen LogP contribution in [0.15, 0.2) is 64.3 Å². The number of likely N-dealkylation sites (tertiary alicyclic amines) is 1. The van der Waals surface area contributed by atoms with Crippen molar-refractivity contribution in [1.29, 1.82) is 0 Å². The van der Waals surface area contributed by atoms with Crippen LogP contribution in [0.3, 0.4) is 0 Å². The number of carbonyl (C=O) groups is 1. The highest BCUT2D eigenvalue weighted by atomic mass is 16.6. The van der Waals surface area contributed by atoms with Crippen molar-refractivity contribution in [2.45, 2.75) is 26.0 Å². The predicted octanol–water partition coefficient (Wildman–Crippen LogP) is 2.17. The third-order valence-electron chi connectivity index (χ3n) is 5.71. The normalized spacial score (nSPS) is 13.9. The highest BCUT2D eigenvalue weighted by Crippen LogP contribution is 2.19. The number of hydrazone groups is 1. The summed E-state index contributed by atoms with van der Waals surface area (Å²) in [6.45, 7) is 2.79. The molecule has 4 aromatic rings. The van der Waals surface area contributed by atoms with E-state index >= 15 is 0 Å². The van der Waals surface area contributed by atoms with Gasteiger partial charge in [-0.3, -0.25) is 9.69 Å². The zero-order valence-electron chi connectivity index (χ0n) is 19.4. The van der Waals surface area contributed by atoms with Crippen LogP contribution < -0.4 is 15.9 Å². The van der Waals surface area contributed by atoms with Crippen LogP contribution in [0.25, 0.3) is 5.82 Å². The lowest BCUT2D eigenvalue weighted by atomic mass is 10.2. The molecule has 5 rings (SSSR count). The SMILES string of the molecule is Nc1nonc1-n1nnc(CN2CCCC2)c1C(=O)N/N=C\c1cccc(OCc2ccccc2)c1. The molecule has 0 bridgehead atoms. The summed E-state index contributed by atoms with van der Waals surface area (Å²) in [6, 6.07) is 17.3. The van der Waals surface area contributed by atoms with Gasteiger partial charge in [-0.2, -0.15) is 9.78 Å². The molecule has 0 saturated carbocycles. The topological polar surface area (TPSA) is 150 Å². The predicted molar refractivity (Wildman–Crippen MR) is 130 cm³/mol. The number of ether oxygens (including phenoxy) is 1. The van der Waals surface area contributed by atoms with Crippen molar-refractivity contribution in [3.8, 4) is 11.6 Å². The number of anilines is 1. The van der Waals surface area contributed by atoms with Gasteiger partial charge in [0.1, 0.15) is 18.1 Å². The van der Waals surface area contributed by atoms with Crippen molar-refractivity contribution in [3.05, 3.63) is 77.1 Å². The van der Waals surface area contributed by atoms with Gasteiger partial charge in [0.2, 0.25) is 11.6 Å². The average molecular weight is 488 g/mol. The van der Waals surface area contributed by atoms with Crippen molar-refractivity contribution in [1.82, 2.24) is 35.6 Å². The van der Waals surface area contributed by atoms with Crippen LogP contribution in [0.1, 0.15) is 40.2 Å². The Kier molecular flexibility index (Phi) is 6.94. The van der Waals surface area contributed by atoms with E-state index in [4.69, 9.17) is 10.5 Å². The Morgan fingerprint density at radius 2 is 1.97 bits per heavy atom. The van der Waals surface area contributed by atoms with Gasteiger partial charge in [0.15, 0.2) is 5.69 Å². The van der Waals surface area contributed by atoms with E-state index in [1.54, 1.807) is 0 Å². The van der Waals surface area contributed by atoms with E-state index in [0.29, 0.717) is 24.6 Å². The number of benzene rings is 2. The van der Waals surface area contributed by atoms with Crippen LogP contribution in [0.2, 0.25) is 0 Å². The molecule has 0 aliphatic carbocycles. The molecule has 0 unspecified atom stereocenters. The maximum absolute atomic E-state index is 13.2. The highest BCUT2D eigenvalue weighted by Gasteiger charge is 2.26. The quantitative estimate of drug-likeness (QED) is 0.267. The molecule has 36 heavy (non-hydrogen) atoms. The van der Waals surface area contributed by atoms with E-state index < -0.39 is 5.91 Å². The van der Waals surface area contributed by atoms with Crippen LogP contribution in [-0.4, -0.2) is 55.4 Å². The van der Waals surface area contributed by atoms with Gasteiger partial charge in [0.05, 0.1) is 6.21 Å². The molecule has 12 nitrogen and oxygen atoms in total. The summed E-state index contributed by atoms with van der Waals surface area (Å²) in [5, 5.41) is 19.7. The van der Waals surface area contributed by atoms with Gasteiger partial charge in [-0.15, -0.1) is 5.10 Å². The summed E-state index contributed by atoms with van der Waals surface area (Å²) in [4.78, 5) is 15.4. The Labute approximate surface area is 206 Å². The van der Waals surface area contributed by atoms with Gasteiger partial charge in [0, 0.05) is 6.54 Å². The summed E-state index contributed by atoms with van der Waals surface area (Å²) >= 11 is 0. The Hall–Kier alpha value is -4.58. The molecule has 1 fully saturated rings. The first-order valence-electron chi connectivity index (χ1n) is 11.5. The van der Waals surface area contributed by atoms with Gasteiger partial charge in [-0.1, -0.05) is 47.7 Å². The first-order valence-corrected chi connectivity index (χ1v) is 11.5. The van der Waals surface area contributed by atoms with E-state index in [9.17, 15) is 4.79 Å². The van der Waals surface area contributed by atoms with Gasteiger partial charge in [-0.05, 0) is 59.5 Å². The van der Waals surface area contributed by atoms with Crippen LogP contribution in [0.4, 0.5) is 5.82 Å². The maximum atomic E-state index is 13.2. The van der Waals surface area contributed by atoms with Crippen molar-refractivity contribution < 1.29 is 14.2 Å². The van der Waals surface area contributed by atoms with Crippen molar-refractivity contribution >= 4 is 17.9 Å². The number of carbonyl (C=O) groups excluding carboxylic acids is 1. The molecular weight excluding hydrogens is 462 g/mol. The minimum absolute atomic E-state index is 0.00232. The number of nitrogens with two attached hydrogens (primary N) is 1. The fraction of sp³-hybridized carbons (Fsp3) is 0.250. The molecule has 0 spiro atoms. The standard InChI is InChI=1S/C24H25N9O3/c25-22-23(30-36-29-22)33-21(20(27-31-33)15-32-11-4-5-12-32)24(34)28-26-14-18-9-6-10-19(13-18)35-16-17-7-2-1-3-8-17/h1-3,6-10,13-14H,4-5,11-12,15-16H2,(H2,25,29)(H,28,34)/b26-14-. The second-order valence-corrected chi connectivity index (χ2v) is 8.30. The van der Waals surface area contributed by atoms with Crippen molar-refractivity contribution in [3.63, 3.8) is 0 Å². The molecule has 3 N–H and O–H groups in total. The molecule has 1 amide bonds. The molecule has 12 heteroatoms. The molecule has 2 aromatic carbocycles. The largest absolute Gasteiger partial charge is 0.489 e. The van der Waals surface area contributed by atoms with E-state index in [1.165, 1.54) is 10.9 Å². The fourth-order valence-corrected chi connectivity index (χ4v) is 3.93. The summed E-state index contributed by atoms with van der Waals surface area (Å²) in [7, 11) is 0. The molecule has 1 aliphatic heterocycles.